The maximum absolute atomic E-state index is 5.62. The molecular formula is C9H17NO. The van der Waals surface area contributed by atoms with Gasteiger partial charge in [0.15, 0.2) is 0 Å². The van der Waals surface area contributed by atoms with Crippen molar-refractivity contribution in [3.8, 4) is 0 Å². The number of nitrogens with zero attached hydrogens (tertiary/aromatic N) is 1. The van der Waals surface area contributed by atoms with E-state index in [9.17, 15) is 0 Å². The smallest absolute Gasteiger partial charge is 0.0994 e. The molecule has 2 aliphatic rings. The molecule has 64 valence electrons. The number of hydrogen-bond donors (Lipinski definition) is 0. The molecule has 0 amide bonds. The lowest BCUT2D eigenvalue weighted by Gasteiger charge is -2.25. The molecule has 11 heavy (non-hydrogen) atoms. The largest absolute Gasteiger partial charge is 0.363 e. The first-order valence-electron chi connectivity index (χ1n) is 4.79. The average molecular weight is 155 g/mol. The Labute approximate surface area is 68.5 Å². The molecule has 0 atom stereocenters. The minimum absolute atomic E-state index is 0.622. The van der Waals surface area contributed by atoms with Gasteiger partial charge in [-0.05, 0) is 25.7 Å². The van der Waals surface area contributed by atoms with Crippen molar-refractivity contribution in [2.24, 2.45) is 0 Å². The Morgan fingerprint density at radius 2 is 1.82 bits per heavy atom. The SMILES string of the molecule is C1CCN(COC2CC2)CC1. The van der Waals surface area contributed by atoms with Gasteiger partial charge < -0.3 is 4.74 Å². The van der Waals surface area contributed by atoms with E-state index in [1.165, 1.54) is 45.2 Å². The topological polar surface area (TPSA) is 12.5 Å². The quantitative estimate of drug-likeness (QED) is 0.614. The summed E-state index contributed by atoms with van der Waals surface area (Å²) in [5.41, 5.74) is 0. The second-order valence-electron chi connectivity index (χ2n) is 3.67. The highest BCUT2D eigenvalue weighted by molar-refractivity contribution is 4.73. The van der Waals surface area contributed by atoms with Crippen LogP contribution in [0.2, 0.25) is 0 Å². The lowest BCUT2D eigenvalue weighted by atomic mass is 10.1. The number of ether oxygens (including phenoxy) is 1. The Kier molecular flexibility index (Phi) is 2.44. The maximum Gasteiger partial charge on any atom is 0.0994 e. The average Bonchev–Trinajstić information content (AvgIpc) is 2.86. The van der Waals surface area contributed by atoms with Gasteiger partial charge in [0, 0.05) is 13.1 Å². The van der Waals surface area contributed by atoms with Gasteiger partial charge in [-0.2, -0.15) is 0 Å². The summed E-state index contributed by atoms with van der Waals surface area (Å²) in [5.74, 6) is 0. The third kappa shape index (κ3) is 2.46. The molecular weight excluding hydrogens is 138 g/mol. The molecule has 1 aliphatic carbocycles. The van der Waals surface area contributed by atoms with Crippen molar-refractivity contribution >= 4 is 0 Å². The zero-order chi connectivity index (χ0) is 7.52. The van der Waals surface area contributed by atoms with E-state index in [2.05, 4.69) is 4.90 Å². The van der Waals surface area contributed by atoms with Crippen LogP contribution in [0.4, 0.5) is 0 Å². The fourth-order valence-electron chi connectivity index (χ4n) is 1.53. The van der Waals surface area contributed by atoms with Gasteiger partial charge in [-0.1, -0.05) is 6.42 Å². The molecule has 0 radical (unpaired) electrons. The molecule has 0 aromatic heterocycles. The fraction of sp³-hybridized carbons (Fsp3) is 1.00. The Morgan fingerprint density at radius 3 is 2.45 bits per heavy atom. The van der Waals surface area contributed by atoms with E-state index in [0.717, 1.165) is 6.73 Å². The summed E-state index contributed by atoms with van der Waals surface area (Å²) in [6.07, 6.45) is 7.38. The van der Waals surface area contributed by atoms with Crippen molar-refractivity contribution in [2.45, 2.75) is 38.2 Å². The molecule has 0 bridgehead atoms. The highest BCUT2D eigenvalue weighted by Gasteiger charge is 2.23. The zero-order valence-corrected chi connectivity index (χ0v) is 7.09. The first-order valence-corrected chi connectivity index (χ1v) is 4.79. The molecule has 2 nitrogen and oxygen atoms in total. The standard InChI is InChI=1S/C9H17NO/c1-2-6-10(7-3-1)8-11-9-4-5-9/h9H,1-8H2. The molecule has 1 saturated heterocycles. The summed E-state index contributed by atoms with van der Waals surface area (Å²) in [7, 11) is 0. The number of hydrogen-bond acceptors (Lipinski definition) is 2. The Hall–Kier alpha value is -0.0800. The van der Waals surface area contributed by atoms with Crippen molar-refractivity contribution in [1.82, 2.24) is 4.90 Å². The highest BCUT2D eigenvalue weighted by Crippen LogP contribution is 2.23. The summed E-state index contributed by atoms with van der Waals surface area (Å²) in [6.45, 7) is 3.41. The van der Waals surface area contributed by atoms with Gasteiger partial charge >= 0.3 is 0 Å². The lowest BCUT2D eigenvalue weighted by molar-refractivity contribution is 0.00947. The van der Waals surface area contributed by atoms with Crippen LogP contribution in [0.25, 0.3) is 0 Å². The normalized spacial score (nSPS) is 27.3. The summed E-state index contributed by atoms with van der Waals surface area (Å²) in [4.78, 5) is 2.43. The van der Waals surface area contributed by atoms with Crippen LogP contribution in [0.1, 0.15) is 32.1 Å². The van der Waals surface area contributed by atoms with Crippen molar-refractivity contribution in [1.29, 1.82) is 0 Å². The van der Waals surface area contributed by atoms with Crippen LogP contribution in [-0.4, -0.2) is 30.8 Å². The van der Waals surface area contributed by atoms with E-state index in [-0.39, 0.29) is 0 Å². The summed E-state index contributed by atoms with van der Waals surface area (Å²) >= 11 is 0. The van der Waals surface area contributed by atoms with Crippen molar-refractivity contribution < 1.29 is 4.74 Å². The van der Waals surface area contributed by atoms with Gasteiger partial charge in [0.1, 0.15) is 0 Å². The molecule has 1 heterocycles. The fourth-order valence-corrected chi connectivity index (χ4v) is 1.53. The number of rotatable bonds is 3. The van der Waals surface area contributed by atoms with E-state index in [0.29, 0.717) is 6.10 Å². The first-order chi connectivity index (χ1) is 5.45. The van der Waals surface area contributed by atoms with Gasteiger partial charge in [-0.3, -0.25) is 4.90 Å². The second-order valence-corrected chi connectivity index (χ2v) is 3.67. The molecule has 2 heteroatoms. The molecule has 0 N–H and O–H groups in total. The van der Waals surface area contributed by atoms with E-state index >= 15 is 0 Å². The second kappa shape index (κ2) is 3.55. The molecule has 1 aliphatic heterocycles. The summed E-state index contributed by atoms with van der Waals surface area (Å²) < 4.78 is 5.62. The third-order valence-electron chi connectivity index (χ3n) is 2.47. The van der Waals surface area contributed by atoms with Crippen molar-refractivity contribution in [3.05, 3.63) is 0 Å². The van der Waals surface area contributed by atoms with Gasteiger partial charge in [0.25, 0.3) is 0 Å². The van der Waals surface area contributed by atoms with Crippen molar-refractivity contribution in [2.75, 3.05) is 19.8 Å². The first kappa shape index (κ1) is 7.56. The van der Waals surface area contributed by atoms with Gasteiger partial charge in [0.2, 0.25) is 0 Å². The monoisotopic (exact) mass is 155 g/mol. The van der Waals surface area contributed by atoms with Crippen LogP contribution in [0, 0.1) is 0 Å². The number of piperidine rings is 1. The van der Waals surface area contributed by atoms with Gasteiger partial charge in [0.05, 0.1) is 12.8 Å². The van der Waals surface area contributed by atoms with Crippen LogP contribution in [-0.2, 0) is 4.74 Å². The van der Waals surface area contributed by atoms with E-state index in [1.54, 1.807) is 0 Å². The minimum Gasteiger partial charge on any atom is -0.363 e. The number of likely N-dealkylation sites (tertiary alicyclic amines) is 1. The highest BCUT2D eigenvalue weighted by atomic mass is 16.5. The van der Waals surface area contributed by atoms with Gasteiger partial charge in [-0.15, -0.1) is 0 Å². The molecule has 2 rings (SSSR count). The van der Waals surface area contributed by atoms with Crippen LogP contribution in [0.3, 0.4) is 0 Å². The molecule has 0 aromatic carbocycles. The van der Waals surface area contributed by atoms with Crippen LogP contribution >= 0.6 is 0 Å². The zero-order valence-electron chi connectivity index (χ0n) is 7.09. The maximum atomic E-state index is 5.62. The molecule has 2 fully saturated rings. The van der Waals surface area contributed by atoms with Crippen LogP contribution in [0.5, 0.6) is 0 Å². The molecule has 0 spiro atoms. The summed E-state index contributed by atoms with van der Waals surface area (Å²) in [6, 6.07) is 0. The molecule has 0 unspecified atom stereocenters. The molecule has 0 aromatic rings. The van der Waals surface area contributed by atoms with Crippen molar-refractivity contribution in [3.63, 3.8) is 0 Å². The lowest BCUT2D eigenvalue weighted by Crippen LogP contribution is -2.32. The third-order valence-corrected chi connectivity index (χ3v) is 2.47. The Morgan fingerprint density at radius 1 is 1.09 bits per heavy atom. The summed E-state index contributed by atoms with van der Waals surface area (Å²) in [5, 5.41) is 0. The van der Waals surface area contributed by atoms with E-state index in [1.807, 2.05) is 0 Å². The molecule has 1 saturated carbocycles. The van der Waals surface area contributed by atoms with Gasteiger partial charge in [-0.25, -0.2) is 0 Å². The van der Waals surface area contributed by atoms with E-state index in [4.69, 9.17) is 4.74 Å². The Balaban J connectivity index is 1.59. The Bertz CT molecular complexity index is 117. The van der Waals surface area contributed by atoms with E-state index < -0.39 is 0 Å². The van der Waals surface area contributed by atoms with Crippen LogP contribution < -0.4 is 0 Å². The van der Waals surface area contributed by atoms with Crippen LogP contribution in [0.15, 0.2) is 0 Å². The minimum atomic E-state index is 0.622. The predicted octanol–water partition coefficient (Wildman–Crippen LogP) is 1.61. The predicted molar refractivity (Wildman–Crippen MR) is 44.4 cm³/mol.